The summed E-state index contributed by atoms with van der Waals surface area (Å²) in [6.07, 6.45) is 6.28. The molecule has 0 N–H and O–H groups in total. The van der Waals surface area contributed by atoms with Crippen LogP contribution in [0.4, 0.5) is 0 Å². The maximum absolute atomic E-state index is 6.28. The van der Waals surface area contributed by atoms with Crippen molar-refractivity contribution in [2.24, 2.45) is 0 Å². The molecule has 2 aromatic carbocycles. The topological polar surface area (TPSA) is 21.7 Å². The summed E-state index contributed by atoms with van der Waals surface area (Å²) in [5, 5.41) is 0. The minimum atomic E-state index is 0.202. The number of para-hydroxylation sites is 1. The van der Waals surface area contributed by atoms with Crippen molar-refractivity contribution in [3.05, 3.63) is 54.6 Å². The highest BCUT2D eigenvalue weighted by Crippen LogP contribution is 2.26. The molecule has 1 heterocycles. The molecule has 0 aromatic heterocycles. The zero-order chi connectivity index (χ0) is 16.6. The summed E-state index contributed by atoms with van der Waals surface area (Å²) in [7, 11) is 0. The molecule has 0 radical (unpaired) electrons. The highest BCUT2D eigenvalue weighted by molar-refractivity contribution is 5.35. The summed E-state index contributed by atoms with van der Waals surface area (Å²) in [5.74, 6) is 2.60. The zero-order valence-electron chi connectivity index (χ0n) is 14.5. The summed E-state index contributed by atoms with van der Waals surface area (Å²) in [5.41, 5.74) is 0. The molecule has 1 unspecified atom stereocenters. The van der Waals surface area contributed by atoms with Gasteiger partial charge in [-0.1, -0.05) is 31.5 Å². The number of rotatable bonds is 8. The molecule has 0 amide bonds. The van der Waals surface area contributed by atoms with E-state index < -0.39 is 0 Å². The lowest BCUT2D eigenvalue weighted by Crippen LogP contribution is -2.37. The lowest BCUT2D eigenvalue weighted by atomic mass is 10.2. The van der Waals surface area contributed by atoms with Crippen LogP contribution in [-0.2, 0) is 0 Å². The first-order valence-electron chi connectivity index (χ1n) is 9.09. The van der Waals surface area contributed by atoms with Gasteiger partial charge in [0.05, 0.1) is 0 Å². The van der Waals surface area contributed by atoms with Gasteiger partial charge in [0.1, 0.15) is 17.2 Å². The molecule has 0 aliphatic carbocycles. The van der Waals surface area contributed by atoms with Crippen LogP contribution in [-0.4, -0.2) is 24.2 Å². The fourth-order valence-electron chi connectivity index (χ4n) is 3.09. The molecule has 1 aliphatic heterocycles. The van der Waals surface area contributed by atoms with Crippen molar-refractivity contribution in [1.29, 1.82) is 0 Å². The Morgan fingerprint density at radius 2 is 1.50 bits per heavy atom. The number of unbranched alkanes of at least 4 members (excludes halogenated alkanes) is 1. The normalized spacial score (nSPS) is 16.0. The summed E-state index contributed by atoms with van der Waals surface area (Å²) in [6.45, 7) is 4.55. The van der Waals surface area contributed by atoms with Crippen LogP contribution in [0.3, 0.4) is 0 Å². The number of hydrogen-bond donors (Lipinski definition) is 0. The lowest BCUT2D eigenvalue weighted by molar-refractivity contribution is 0.0345. The molecule has 1 aliphatic rings. The molecular weight excluding hydrogens is 298 g/mol. The Hall–Kier alpha value is -2.00. The highest BCUT2D eigenvalue weighted by atomic mass is 16.5. The first kappa shape index (κ1) is 16.8. The fourth-order valence-corrected chi connectivity index (χ4v) is 3.09. The van der Waals surface area contributed by atoms with E-state index in [-0.39, 0.29) is 6.23 Å². The van der Waals surface area contributed by atoms with Crippen LogP contribution >= 0.6 is 0 Å². The van der Waals surface area contributed by atoms with Gasteiger partial charge in [0.2, 0.25) is 0 Å². The maximum Gasteiger partial charge on any atom is 0.152 e. The van der Waals surface area contributed by atoms with Crippen molar-refractivity contribution in [1.82, 2.24) is 4.90 Å². The Labute approximate surface area is 145 Å². The van der Waals surface area contributed by atoms with Crippen LogP contribution in [0.5, 0.6) is 17.2 Å². The van der Waals surface area contributed by atoms with Crippen molar-refractivity contribution in [2.45, 2.75) is 45.3 Å². The summed E-state index contributed by atoms with van der Waals surface area (Å²) < 4.78 is 12.1. The van der Waals surface area contributed by atoms with Gasteiger partial charge in [0.15, 0.2) is 6.23 Å². The molecule has 1 fully saturated rings. The average Bonchev–Trinajstić information content (AvgIpc) is 3.15. The maximum atomic E-state index is 6.28. The Bertz CT molecular complexity index is 591. The highest BCUT2D eigenvalue weighted by Gasteiger charge is 2.22. The SMILES string of the molecule is CCCCC(Oc1ccc(Oc2ccccc2)cc1)N1CCCC1. The number of hydrogen-bond acceptors (Lipinski definition) is 3. The largest absolute Gasteiger partial charge is 0.475 e. The molecular formula is C21H27NO2. The third-order valence-corrected chi connectivity index (χ3v) is 4.43. The van der Waals surface area contributed by atoms with E-state index in [1.54, 1.807) is 0 Å². The van der Waals surface area contributed by atoms with Gasteiger partial charge in [0.25, 0.3) is 0 Å². The quantitative estimate of drug-likeness (QED) is 0.642. The summed E-state index contributed by atoms with van der Waals surface area (Å²) >= 11 is 0. The molecule has 3 rings (SSSR count). The van der Waals surface area contributed by atoms with Gasteiger partial charge in [-0.25, -0.2) is 0 Å². The van der Waals surface area contributed by atoms with E-state index in [4.69, 9.17) is 9.47 Å². The van der Waals surface area contributed by atoms with Crippen LogP contribution in [0.15, 0.2) is 54.6 Å². The molecule has 3 heteroatoms. The van der Waals surface area contributed by atoms with Gasteiger partial charge in [-0.3, -0.25) is 4.90 Å². The standard InChI is InChI=1S/C21H27NO2/c1-2-3-11-21(22-16-7-8-17-22)24-20-14-12-19(13-15-20)23-18-9-5-4-6-10-18/h4-6,9-10,12-15,21H,2-3,7-8,11,16-17H2,1H3. The minimum Gasteiger partial charge on any atom is -0.475 e. The second kappa shape index (κ2) is 8.74. The third-order valence-electron chi connectivity index (χ3n) is 4.43. The molecule has 1 atom stereocenters. The number of benzene rings is 2. The Morgan fingerprint density at radius 3 is 2.17 bits per heavy atom. The molecule has 0 spiro atoms. The number of nitrogens with zero attached hydrogens (tertiary/aromatic N) is 1. The minimum absolute atomic E-state index is 0.202. The van der Waals surface area contributed by atoms with Gasteiger partial charge < -0.3 is 9.47 Å². The zero-order valence-corrected chi connectivity index (χ0v) is 14.5. The smallest absolute Gasteiger partial charge is 0.152 e. The van der Waals surface area contributed by atoms with E-state index in [0.29, 0.717) is 0 Å². The predicted molar refractivity (Wildman–Crippen MR) is 97.7 cm³/mol. The van der Waals surface area contributed by atoms with E-state index >= 15 is 0 Å². The molecule has 0 bridgehead atoms. The van der Waals surface area contributed by atoms with Crippen molar-refractivity contribution in [2.75, 3.05) is 13.1 Å². The lowest BCUT2D eigenvalue weighted by Gasteiger charge is -2.28. The fraction of sp³-hybridized carbons (Fsp3) is 0.429. The Morgan fingerprint density at radius 1 is 0.875 bits per heavy atom. The molecule has 24 heavy (non-hydrogen) atoms. The number of likely N-dealkylation sites (tertiary alicyclic amines) is 1. The summed E-state index contributed by atoms with van der Waals surface area (Å²) in [4.78, 5) is 2.48. The van der Waals surface area contributed by atoms with Crippen molar-refractivity contribution in [3.63, 3.8) is 0 Å². The molecule has 2 aromatic rings. The van der Waals surface area contributed by atoms with E-state index in [1.165, 1.54) is 25.7 Å². The van der Waals surface area contributed by atoms with Crippen LogP contribution in [0.1, 0.15) is 39.0 Å². The second-order valence-electron chi connectivity index (χ2n) is 6.34. The van der Waals surface area contributed by atoms with Crippen molar-refractivity contribution >= 4 is 0 Å². The number of ether oxygens (including phenoxy) is 2. The van der Waals surface area contributed by atoms with E-state index in [1.807, 2.05) is 54.6 Å². The van der Waals surface area contributed by atoms with E-state index in [9.17, 15) is 0 Å². The van der Waals surface area contributed by atoms with Gasteiger partial charge in [-0.05, 0) is 62.1 Å². The molecule has 1 saturated heterocycles. The van der Waals surface area contributed by atoms with Crippen molar-refractivity contribution in [3.8, 4) is 17.2 Å². The first-order valence-corrected chi connectivity index (χ1v) is 9.09. The molecule has 0 saturated carbocycles. The second-order valence-corrected chi connectivity index (χ2v) is 6.34. The monoisotopic (exact) mass is 325 g/mol. The molecule has 3 nitrogen and oxygen atoms in total. The van der Waals surface area contributed by atoms with Gasteiger partial charge >= 0.3 is 0 Å². The van der Waals surface area contributed by atoms with Crippen LogP contribution < -0.4 is 9.47 Å². The van der Waals surface area contributed by atoms with Crippen molar-refractivity contribution < 1.29 is 9.47 Å². The van der Waals surface area contributed by atoms with Gasteiger partial charge in [-0.15, -0.1) is 0 Å². The molecule has 128 valence electrons. The average molecular weight is 325 g/mol. The summed E-state index contributed by atoms with van der Waals surface area (Å²) in [6, 6.07) is 17.8. The van der Waals surface area contributed by atoms with Crippen LogP contribution in [0.25, 0.3) is 0 Å². The predicted octanol–water partition coefficient (Wildman–Crippen LogP) is 5.47. The Balaban J connectivity index is 1.60. The van der Waals surface area contributed by atoms with Gasteiger partial charge in [-0.2, -0.15) is 0 Å². The van der Waals surface area contributed by atoms with E-state index in [2.05, 4.69) is 11.8 Å². The van der Waals surface area contributed by atoms with Crippen LogP contribution in [0, 0.1) is 0 Å². The Kier molecular flexibility index (Phi) is 6.13. The first-order chi connectivity index (χ1) is 11.8. The van der Waals surface area contributed by atoms with Gasteiger partial charge in [0, 0.05) is 13.1 Å². The van der Waals surface area contributed by atoms with Crippen LogP contribution in [0.2, 0.25) is 0 Å². The van der Waals surface area contributed by atoms with E-state index in [0.717, 1.165) is 36.8 Å². The third kappa shape index (κ3) is 4.75.